The molecular formula is C22H19BrN2O2. The molecule has 4 nitrogen and oxygen atoms in total. The largest absolute Gasteiger partial charge is 0.484 e. The highest BCUT2D eigenvalue weighted by Gasteiger charge is 2.16. The second-order valence-corrected chi connectivity index (χ2v) is 7.51. The van der Waals surface area contributed by atoms with E-state index in [9.17, 15) is 4.79 Å². The molecule has 3 aromatic carbocycles. The second-order valence-electron chi connectivity index (χ2n) is 6.59. The summed E-state index contributed by atoms with van der Waals surface area (Å²) in [6.45, 7) is 1.82. The Morgan fingerprint density at radius 2 is 1.89 bits per heavy atom. The number of nitrogens with one attached hydrogen (secondary N) is 1. The molecule has 0 radical (unpaired) electrons. The Kier molecular flexibility index (Phi) is 4.94. The number of rotatable bonds is 5. The molecule has 0 atom stereocenters. The van der Waals surface area contributed by atoms with Crippen LogP contribution >= 0.6 is 15.9 Å². The van der Waals surface area contributed by atoms with Gasteiger partial charge in [-0.15, -0.1) is 0 Å². The number of hydrogen-bond donors (Lipinski definition) is 1. The van der Waals surface area contributed by atoms with Crippen LogP contribution in [0.25, 0.3) is 10.8 Å². The van der Waals surface area contributed by atoms with Crippen LogP contribution in [-0.2, 0) is 17.6 Å². The molecule has 1 aliphatic rings. The van der Waals surface area contributed by atoms with Crippen LogP contribution in [0.5, 0.6) is 5.75 Å². The molecular weight excluding hydrogens is 404 g/mol. The molecule has 0 aliphatic heterocycles. The van der Waals surface area contributed by atoms with Crippen LogP contribution in [0.3, 0.4) is 0 Å². The third-order valence-corrected chi connectivity index (χ3v) is 5.27. The van der Waals surface area contributed by atoms with E-state index < -0.39 is 0 Å². The lowest BCUT2D eigenvalue weighted by Crippen LogP contribution is -2.25. The van der Waals surface area contributed by atoms with E-state index >= 15 is 0 Å². The smallest absolute Gasteiger partial charge is 0.277 e. The predicted octanol–water partition coefficient (Wildman–Crippen LogP) is 4.62. The summed E-state index contributed by atoms with van der Waals surface area (Å²) in [5.41, 5.74) is 7.20. The Balaban J connectivity index is 1.47. The molecule has 1 N–H and O–H groups in total. The van der Waals surface area contributed by atoms with Crippen LogP contribution in [0, 0.1) is 0 Å². The zero-order valence-electron chi connectivity index (χ0n) is 15.0. The fourth-order valence-corrected chi connectivity index (χ4v) is 3.88. The zero-order valence-corrected chi connectivity index (χ0v) is 16.5. The first-order valence-corrected chi connectivity index (χ1v) is 9.66. The van der Waals surface area contributed by atoms with Crippen molar-refractivity contribution in [3.63, 3.8) is 0 Å². The van der Waals surface area contributed by atoms with Crippen molar-refractivity contribution in [2.45, 2.75) is 19.8 Å². The van der Waals surface area contributed by atoms with Gasteiger partial charge in [0, 0.05) is 10.0 Å². The van der Waals surface area contributed by atoms with Gasteiger partial charge in [0.25, 0.3) is 5.91 Å². The van der Waals surface area contributed by atoms with E-state index in [0.717, 1.165) is 28.6 Å². The number of amides is 1. The third-order valence-electron chi connectivity index (χ3n) is 4.78. The van der Waals surface area contributed by atoms with E-state index in [2.05, 4.69) is 56.8 Å². The summed E-state index contributed by atoms with van der Waals surface area (Å²) in [4.78, 5) is 12.1. The molecule has 27 heavy (non-hydrogen) atoms. The van der Waals surface area contributed by atoms with Gasteiger partial charge in [0.1, 0.15) is 5.75 Å². The summed E-state index contributed by atoms with van der Waals surface area (Å²) in [5, 5.41) is 6.82. The van der Waals surface area contributed by atoms with Gasteiger partial charge in [-0.2, -0.15) is 5.10 Å². The number of halogens is 1. The second kappa shape index (κ2) is 7.53. The highest BCUT2D eigenvalue weighted by atomic mass is 79.9. The van der Waals surface area contributed by atoms with Gasteiger partial charge in [-0.05, 0) is 59.9 Å². The quantitative estimate of drug-likeness (QED) is 0.481. The van der Waals surface area contributed by atoms with Crippen LogP contribution in [0.4, 0.5) is 0 Å². The van der Waals surface area contributed by atoms with Gasteiger partial charge in [-0.25, -0.2) is 5.43 Å². The van der Waals surface area contributed by atoms with Gasteiger partial charge in [0.05, 0.1) is 5.71 Å². The number of carbonyl (C=O) groups excluding carboxylic acids is 1. The molecule has 0 spiro atoms. The number of benzene rings is 3. The lowest BCUT2D eigenvalue weighted by molar-refractivity contribution is -0.123. The molecule has 5 heteroatoms. The monoisotopic (exact) mass is 422 g/mol. The Labute approximate surface area is 166 Å². The summed E-state index contributed by atoms with van der Waals surface area (Å²) < 4.78 is 6.39. The van der Waals surface area contributed by atoms with Gasteiger partial charge in [0.15, 0.2) is 6.61 Å². The first-order valence-electron chi connectivity index (χ1n) is 8.87. The van der Waals surface area contributed by atoms with Crippen LogP contribution in [0.2, 0.25) is 0 Å². The highest BCUT2D eigenvalue weighted by molar-refractivity contribution is 9.10. The minimum Gasteiger partial charge on any atom is -0.484 e. The molecule has 0 fully saturated rings. The number of aryl methyl sites for hydroxylation is 2. The Hall–Kier alpha value is -2.66. The van der Waals surface area contributed by atoms with Crippen LogP contribution < -0.4 is 10.2 Å². The number of nitrogens with zero attached hydrogens (tertiary/aromatic N) is 1. The molecule has 1 amide bonds. The van der Waals surface area contributed by atoms with Crippen molar-refractivity contribution in [3.05, 3.63) is 75.8 Å². The fourth-order valence-electron chi connectivity index (χ4n) is 3.51. The minimum atomic E-state index is -0.291. The summed E-state index contributed by atoms with van der Waals surface area (Å²) in [7, 11) is 0. The van der Waals surface area contributed by atoms with Gasteiger partial charge in [-0.3, -0.25) is 4.79 Å². The predicted molar refractivity (Wildman–Crippen MR) is 111 cm³/mol. The van der Waals surface area contributed by atoms with Gasteiger partial charge >= 0.3 is 0 Å². The maximum atomic E-state index is 12.1. The zero-order chi connectivity index (χ0) is 18.8. The molecule has 1 aliphatic carbocycles. The van der Waals surface area contributed by atoms with Crippen LogP contribution in [-0.4, -0.2) is 18.2 Å². The van der Waals surface area contributed by atoms with E-state index in [-0.39, 0.29) is 12.5 Å². The fraction of sp³-hybridized carbons (Fsp3) is 0.182. The van der Waals surface area contributed by atoms with E-state index in [0.29, 0.717) is 5.75 Å². The first-order chi connectivity index (χ1) is 13.1. The average Bonchev–Trinajstić information content (AvgIpc) is 3.10. The summed E-state index contributed by atoms with van der Waals surface area (Å²) in [5.74, 6) is 0.341. The van der Waals surface area contributed by atoms with Gasteiger partial charge < -0.3 is 4.74 Å². The lowest BCUT2D eigenvalue weighted by atomic mass is 9.98. The molecule has 3 aromatic rings. The molecule has 136 valence electrons. The molecule has 0 unspecified atom stereocenters. The Morgan fingerprint density at radius 3 is 2.70 bits per heavy atom. The maximum Gasteiger partial charge on any atom is 0.277 e. The van der Waals surface area contributed by atoms with Crippen molar-refractivity contribution < 1.29 is 9.53 Å². The van der Waals surface area contributed by atoms with Gasteiger partial charge in [-0.1, -0.05) is 52.3 Å². The minimum absolute atomic E-state index is 0.0862. The molecule has 0 saturated carbocycles. The highest BCUT2D eigenvalue weighted by Crippen LogP contribution is 2.32. The summed E-state index contributed by atoms with van der Waals surface area (Å²) in [6.07, 6.45) is 2.19. The normalized spacial score (nSPS) is 13.0. The maximum absolute atomic E-state index is 12.1. The SMILES string of the molecule is CC(=NNC(=O)COc1cccc(Br)c1)c1ccc2c3c(cccc13)CC2. The Bertz CT molecular complexity index is 1050. The lowest BCUT2D eigenvalue weighted by Gasteiger charge is -2.09. The third kappa shape index (κ3) is 3.74. The molecule has 0 heterocycles. The molecule has 0 aromatic heterocycles. The van der Waals surface area contributed by atoms with E-state index in [1.165, 1.54) is 21.9 Å². The number of hydrazone groups is 1. The topological polar surface area (TPSA) is 50.7 Å². The molecule has 4 rings (SSSR count). The molecule has 0 bridgehead atoms. The average molecular weight is 423 g/mol. The van der Waals surface area contributed by atoms with Crippen molar-refractivity contribution in [3.8, 4) is 5.75 Å². The molecule has 0 saturated heterocycles. The van der Waals surface area contributed by atoms with Crippen molar-refractivity contribution in [1.29, 1.82) is 0 Å². The van der Waals surface area contributed by atoms with E-state index in [4.69, 9.17) is 4.74 Å². The van der Waals surface area contributed by atoms with Crippen molar-refractivity contribution in [1.82, 2.24) is 5.43 Å². The van der Waals surface area contributed by atoms with E-state index in [1.54, 1.807) is 6.07 Å². The van der Waals surface area contributed by atoms with Crippen molar-refractivity contribution in [2.24, 2.45) is 5.10 Å². The number of hydrogen-bond acceptors (Lipinski definition) is 3. The van der Waals surface area contributed by atoms with Crippen molar-refractivity contribution in [2.75, 3.05) is 6.61 Å². The number of ether oxygens (including phenoxy) is 1. The first kappa shape index (κ1) is 17.7. The van der Waals surface area contributed by atoms with Crippen LogP contribution in [0.15, 0.2) is 64.2 Å². The van der Waals surface area contributed by atoms with Crippen LogP contribution in [0.1, 0.15) is 23.6 Å². The summed E-state index contributed by atoms with van der Waals surface area (Å²) >= 11 is 3.38. The van der Waals surface area contributed by atoms with Gasteiger partial charge in [0.2, 0.25) is 0 Å². The van der Waals surface area contributed by atoms with Crippen molar-refractivity contribution >= 4 is 38.3 Å². The summed E-state index contributed by atoms with van der Waals surface area (Å²) in [6, 6.07) is 18.0. The Morgan fingerprint density at radius 1 is 1.11 bits per heavy atom. The van der Waals surface area contributed by atoms with E-state index in [1.807, 2.05) is 25.1 Å². The standard InChI is InChI=1S/C22H19BrN2O2/c1-14(24-25-21(26)13-27-18-6-3-5-17(23)12-18)19-11-10-16-9-8-15-4-2-7-20(19)22(15)16/h2-7,10-12H,8-9,13H2,1H3,(H,25,26). The number of carbonyl (C=O) groups is 1.